The Hall–Kier alpha value is -2.15. The second-order valence-corrected chi connectivity index (χ2v) is 7.19. The fourth-order valence-electron chi connectivity index (χ4n) is 3.47. The fraction of sp³-hybridized carbons (Fsp3) is 0.300. The van der Waals surface area contributed by atoms with Gasteiger partial charge in [-0.15, -0.1) is 0 Å². The number of rotatable bonds is 4. The summed E-state index contributed by atoms with van der Waals surface area (Å²) in [4.78, 5) is 9.46. The Balaban J connectivity index is 1.75. The molecule has 1 aliphatic rings. The first-order valence-corrected chi connectivity index (χ1v) is 9.63. The van der Waals surface area contributed by atoms with Crippen LogP contribution < -0.4 is 9.88 Å². The number of hydrogen-bond donors (Lipinski definition) is 1. The van der Waals surface area contributed by atoms with Crippen LogP contribution >= 0.6 is 12.1 Å². The standard InChI is InChI=1S/C20H22N4OS/c1-3-13-9-18-17(10-20(13)25-2)22-11-19(23-18)15-5-4-14-6-7-24(26-21)12-16(14)8-15/h4-5,8-11H,3,6-7,12,21H2,1-2H3. The summed E-state index contributed by atoms with van der Waals surface area (Å²) in [5.41, 5.74) is 7.60. The topological polar surface area (TPSA) is 64.3 Å². The van der Waals surface area contributed by atoms with Gasteiger partial charge in [0, 0.05) is 36.9 Å². The van der Waals surface area contributed by atoms with Gasteiger partial charge in [-0.1, -0.05) is 19.1 Å². The fourth-order valence-corrected chi connectivity index (χ4v) is 3.88. The summed E-state index contributed by atoms with van der Waals surface area (Å²) >= 11 is 1.31. The van der Waals surface area contributed by atoms with Gasteiger partial charge in [0.05, 0.1) is 30.0 Å². The van der Waals surface area contributed by atoms with Crippen LogP contribution in [0, 0.1) is 0 Å². The summed E-state index contributed by atoms with van der Waals surface area (Å²) < 4.78 is 7.64. The van der Waals surface area contributed by atoms with E-state index in [9.17, 15) is 0 Å². The van der Waals surface area contributed by atoms with Crippen LogP contribution in [0.3, 0.4) is 0 Å². The molecule has 1 aliphatic heterocycles. The molecule has 6 heteroatoms. The van der Waals surface area contributed by atoms with Crippen LogP contribution in [0.1, 0.15) is 23.6 Å². The van der Waals surface area contributed by atoms with Crippen molar-refractivity contribution in [3.05, 3.63) is 53.2 Å². The summed E-state index contributed by atoms with van der Waals surface area (Å²) in [6.07, 6.45) is 3.77. The van der Waals surface area contributed by atoms with E-state index in [2.05, 4.69) is 40.5 Å². The molecule has 0 fully saturated rings. The minimum absolute atomic E-state index is 0.853. The molecule has 0 atom stereocenters. The number of fused-ring (bicyclic) bond motifs is 2. The molecule has 134 valence electrons. The van der Waals surface area contributed by atoms with Crippen LogP contribution in [-0.2, 0) is 19.4 Å². The summed E-state index contributed by atoms with van der Waals surface area (Å²) in [7, 11) is 1.69. The average molecular weight is 366 g/mol. The Morgan fingerprint density at radius 3 is 2.85 bits per heavy atom. The quantitative estimate of drug-likeness (QED) is 0.710. The number of nitrogens with zero attached hydrogens (tertiary/aromatic N) is 3. The van der Waals surface area contributed by atoms with Crippen molar-refractivity contribution in [1.29, 1.82) is 0 Å². The summed E-state index contributed by atoms with van der Waals surface area (Å²) in [6.45, 7) is 3.97. The van der Waals surface area contributed by atoms with Crippen molar-refractivity contribution in [2.75, 3.05) is 13.7 Å². The Bertz CT molecular complexity index is 960. The highest BCUT2D eigenvalue weighted by Gasteiger charge is 2.17. The van der Waals surface area contributed by atoms with Crippen molar-refractivity contribution in [2.24, 2.45) is 5.14 Å². The number of benzene rings is 2. The molecule has 0 saturated carbocycles. The Labute approximate surface area is 157 Å². The number of aryl methyl sites for hydroxylation is 1. The van der Waals surface area contributed by atoms with E-state index in [1.807, 2.05) is 12.3 Å². The average Bonchev–Trinajstić information content (AvgIpc) is 2.71. The minimum atomic E-state index is 0.853. The van der Waals surface area contributed by atoms with Gasteiger partial charge in [-0.25, -0.2) is 9.29 Å². The molecule has 1 aromatic heterocycles. The van der Waals surface area contributed by atoms with Crippen molar-refractivity contribution < 1.29 is 4.74 Å². The van der Waals surface area contributed by atoms with E-state index < -0.39 is 0 Å². The molecule has 0 bridgehead atoms. The van der Waals surface area contributed by atoms with Gasteiger partial charge in [0.15, 0.2) is 0 Å². The van der Waals surface area contributed by atoms with Crippen LogP contribution in [0.2, 0.25) is 0 Å². The summed E-state index contributed by atoms with van der Waals surface area (Å²) in [5, 5.41) is 5.73. The van der Waals surface area contributed by atoms with Crippen molar-refractivity contribution in [2.45, 2.75) is 26.3 Å². The molecular weight excluding hydrogens is 344 g/mol. The first-order valence-electron chi connectivity index (χ1n) is 8.79. The number of ether oxygens (including phenoxy) is 1. The van der Waals surface area contributed by atoms with Crippen LogP contribution in [0.4, 0.5) is 0 Å². The van der Waals surface area contributed by atoms with E-state index in [0.717, 1.165) is 59.5 Å². The van der Waals surface area contributed by atoms with Gasteiger partial charge < -0.3 is 4.74 Å². The molecule has 2 N–H and O–H groups in total. The summed E-state index contributed by atoms with van der Waals surface area (Å²) in [5.74, 6) is 0.871. The van der Waals surface area contributed by atoms with Crippen molar-refractivity contribution in [3.8, 4) is 17.0 Å². The zero-order chi connectivity index (χ0) is 18.1. The summed E-state index contributed by atoms with van der Waals surface area (Å²) in [6, 6.07) is 10.6. The van der Waals surface area contributed by atoms with Gasteiger partial charge in [-0.2, -0.15) is 0 Å². The lowest BCUT2D eigenvalue weighted by Crippen LogP contribution is -2.26. The van der Waals surface area contributed by atoms with Gasteiger partial charge >= 0.3 is 0 Å². The highest BCUT2D eigenvalue weighted by Crippen LogP contribution is 2.29. The van der Waals surface area contributed by atoms with Crippen LogP contribution in [0.5, 0.6) is 5.75 Å². The molecule has 26 heavy (non-hydrogen) atoms. The van der Waals surface area contributed by atoms with Crippen molar-refractivity contribution in [1.82, 2.24) is 14.3 Å². The highest BCUT2D eigenvalue weighted by molar-refractivity contribution is 7.94. The molecule has 0 unspecified atom stereocenters. The molecule has 2 aromatic carbocycles. The maximum atomic E-state index is 5.73. The molecule has 0 aliphatic carbocycles. The van der Waals surface area contributed by atoms with E-state index >= 15 is 0 Å². The number of nitrogens with two attached hydrogens (primary N) is 1. The highest BCUT2D eigenvalue weighted by atomic mass is 32.2. The Morgan fingerprint density at radius 2 is 2.08 bits per heavy atom. The van der Waals surface area contributed by atoms with Gasteiger partial charge in [0.25, 0.3) is 0 Å². The number of methoxy groups -OCH3 is 1. The van der Waals surface area contributed by atoms with Crippen LogP contribution in [-0.4, -0.2) is 27.9 Å². The number of aromatic nitrogens is 2. The smallest absolute Gasteiger partial charge is 0.124 e. The lowest BCUT2D eigenvalue weighted by Gasteiger charge is -2.26. The molecular formula is C20H22N4OS. The van der Waals surface area contributed by atoms with Crippen molar-refractivity contribution in [3.63, 3.8) is 0 Å². The Kier molecular flexibility index (Phi) is 4.80. The number of hydrogen-bond acceptors (Lipinski definition) is 6. The molecule has 4 rings (SSSR count). The zero-order valence-electron chi connectivity index (χ0n) is 15.0. The predicted octanol–water partition coefficient (Wildman–Crippen LogP) is 3.75. The maximum Gasteiger partial charge on any atom is 0.124 e. The molecule has 5 nitrogen and oxygen atoms in total. The molecule has 0 amide bonds. The molecule has 0 spiro atoms. The lowest BCUT2D eigenvalue weighted by atomic mass is 9.97. The van der Waals surface area contributed by atoms with Gasteiger partial charge in [0.1, 0.15) is 5.75 Å². The SMILES string of the molecule is CCc1cc2nc(-c3ccc4c(c3)CN(SN)CC4)cnc2cc1OC. The molecule has 0 radical (unpaired) electrons. The first-order chi connectivity index (χ1) is 12.7. The lowest BCUT2D eigenvalue weighted by molar-refractivity contribution is 0.410. The predicted molar refractivity (Wildman–Crippen MR) is 107 cm³/mol. The molecule has 0 saturated heterocycles. The maximum absolute atomic E-state index is 5.73. The third kappa shape index (κ3) is 3.16. The monoisotopic (exact) mass is 366 g/mol. The van der Waals surface area contributed by atoms with E-state index in [1.54, 1.807) is 7.11 Å². The minimum Gasteiger partial charge on any atom is -0.496 e. The second kappa shape index (κ2) is 7.23. The van der Waals surface area contributed by atoms with Crippen molar-refractivity contribution >= 4 is 23.2 Å². The third-order valence-electron chi connectivity index (χ3n) is 4.95. The second-order valence-electron chi connectivity index (χ2n) is 6.46. The first kappa shape index (κ1) is 17.3. The van der Waals surface area contributed by atoms with E-state index in [-0.39, 0.29) is 0 Å². The largest absolute Gasteiger partial charge is 0.496 e. The molecule has 3 aromatic rings. The van der Waals surface area contributed by atoms with Gasteiger partial charge in [0.2, 0.25) is 0 Å². The van der Waals surface area contributed by atoms with Crippen LogP contribution in [0.25, 0.3) is 22.3 Å². The molecule has 2 heterocycles. The van der Waals surface area contributed by atoms with E-state index in [1.165, 1.54) is 23.3 Å². The van der Waals surface area contributed by atoms with Gasteiger partial charge in [-0.3, -0.25) is 10.1 Å². The third-order valence-corrected chi connectivity index (χ3v) is 5.56. The zero-order valence-corrected chi connectivity index (χ0v) is 15.8. The van der Waals surface area contributed by atoms with Crippen LogP contribution in [0.15, 0.2) is 36.5 Å². The Morgan fingerprint density at radius 1 is 1.19 bits per heavy atom. The van der Waals surface area contributed by atoms with E-state index in [4.69, 9.17) is 14.9 Å². The van der Waals surface area contributed by atoms with Gasteiger partial charge in [-0.05, 0) is 41.7 Å². The van der Waals surface area contributed by atoms with E-state index in [0.29, 0.717) is 0 Å². The normalized spacial score (nSPS) is 14.4.